The number of aromatic nitrogens is 3. The van der Waals surface area contributed by atoms with Crippen LogP contribution in [0.4, 0.5) is 0 Å². The minimum absolute atomic E-state index is 0.0344. The van der Waals surface area contributed by atoms with E-state index in [4.69, 9.17) is 5.48 Å². The highest BCUT2D eigenvalue weighted by atomic mass is 15.0. The summed E-state index contributed by atoms with van der Waals surface area (Å²) in [5, 5.41) is 8.37. The highest BCUT2D eigenvalue weighted by Gasteiger charge is 2.21. The van der Waals surface area contributed by atoms with Crippen molar-refractivity contribution < 1.29 is 5.48 Å². The van der Waals surface area contributed by atoms with Gasteiger partial charge in [0.25, 0.3) is 0 Å². The Hall–Kier alpha value is -6.58. The molecule has 0 amide bonds. The minimum Gasteiger partial charge on any atom is -0.309 e. The van der Waals surface area contributed by atoms with Crippen LogP contribution in [0.5, 0.6) is 0 Å². The summed E-state index contributed by atoms with van der Waals surface area (Å²) in [5.41, 5.74) is 8.55. The van der Waals surface area contributed by atoms with E-state index in [0.717, 1.165) is 55.4 Å². The summed E-state index contributed by atoms with van der Waals surface area (Å²) in [4.78, 5) is 0. The van der Waals surface area contributed by atoms with Crippen LogP contribution in [0.1, 0.15) is 5.48 Å². The number of benzene rings is 8. The average Bonchev–Trinajstić information content (AvgIpc) is 3.84. The molecule has 3 heteroatoms. The summed E-state index contributed by atoms with van der Waals surface area (Å²) in [6.07, 6.45) is 0. The summed E-state index contributed by atoms with van der Waals surface area (Å²) >= 11 is 0. The predicted octanol–water partition coefficient (Wildman–Crippen LogP) is 12.1. The van der Waals surface area contributed by atoms with Crippen LogP contribution in [-0.4, -0.2) is 13.7 Å². The number of para-hydroxylation sites is 4. The van der Waals surface area contributed by atoms with Crippen LogP contribution >= 0.6 is 0 Å². The molecule has 0 aliphatic rings. The van der Waals surface area contributed by atoms with Crippen molar-refractivity contribution >= 4 is 76.2 Å². The molecule has 3 aromatic heterocycles. The second-order valence-electron chi connectivity index (χ2n) is 12.7. The molecule has 11 aromatic rings. The Morgan fingerprint density at radius 1 is 0.327 bits per heavy atom. The van der Waals surface area contributed by atoms with Crippen molar-refractivity contribution in [3.8, 4) is 17.1 Å². The molecule has 0 N–H and O–H groups in total. The Balaban J connectivity index is 1.32. The Morgan fingerprint density at radius 3 is 1.76 bits per heavy atom. The van der Waals surface area contributed by atoms with Crippen molar-refractivity contribution in [3.05, 3.63) is 176 Å². The molecule has 0 aliphatic carbocycles. The highest BCUT2D eigenvalue weighted by Crippen LogP contribution is 2.43. The van der Waals surface area contributed by atoms with Gasteiger partial charge in [0, 0.05) is 49.4 Å². The van der Waals surface area contributed by atoms with Crippen LogP contribution < -0.4 is 0 Å². The Bertz CT molecular complexity index is 3320. The third kappa shape index (κ3) is 3.67. The Kier molecular flexibility index (Phi) is 4.65. The van der Waals surface area contributed by atoms with Gasteiger partial charge in [0.05, 0.1) is 38.6 Å². The van der Waals surface area contributed by atoms with Gasteiger partial charge in [-0.15, -0.1) is 0 Å². The molecule has 0 saturated heterocycles. The average molecular weight is 628 g/mol. The zero-order chi connectivity index (χ0) is 35.5. The summed E-state index contributed by atoms with van der Waals surface area (Å²) < 4.78 is 41.8. The predicted molar refractivity (Wildman–Crippen MR) is 207 cm³/mol. The van der Waals surface area contributed by atoms with Crippen molar-refractivity contribution in [3.63, 3.8) is 0 Å². The molecule has 0 saturated carbocycles. The van der Waals surface area contributed by atoms with Crippen LogP contribution in [-0.2, 0) is 0 Å². The number of fused-ring (bicyclic) bond motifs is 11. The van der Waals surface area contributed by atoms with E-state index in [2.05, 4.69) is 118 Å². The number of nitrogens with zero attached hydrogens (tertiary/aromatic N) is 3. The van der Waals surface area contributed by atoms with Crippen molar-refractivity contribution in [1.82, 2.24) is 13.7 Å². The van der Waals surface area contributed by atoms with Crippen LogP contribution in [0.2, 0.25) is 0 Å². The quantitative estimate of drug-likeness (QED) is 0.185. The molecule has 0 bridgehead atoms. The lowest BCUT2D eigenvalue weighted by Gasteiger charge is -2.12. The Labute approximate surface area is 287 Å². The van der Waals surface area contributed by atoms with E-state index in [1.54, 1.807) is 0 Å². The summed E-state index contributed by atoms with van der Waals surface area (Å²) in [6.45, 7) is 0. The molecule has 8 aromatic carbocycles. The largest absolute Gasteiger partial charge is 0.309 e. The fraction of sp³-hybridized carbons (Fsp3) is 0. The molecule has 0 unspecified atom stereocenters. The van der Waals surface area contributed by atoms with Crippen LogP contribution in [0.15, 0.2) is 176 Å². The lowest BCUT2D eigenvalue weighted by molar-refractivity contribution is 1.15. The normalized spacial score (nSPS) is 13.2. The summed E-state index contributed by atoms with van der Waals surface area (Å²) in [5.74, 6) is 0. The fourth-order valence-electron chi connectivity index (χ4n) is 8.07. The van der Waals surface area contributed by atoms with Gasteiger partial charge in [-0.3, -0.25) is 0 Å². The van der Waals surface area contributed by atoms with E-state index >= 15 is 0 Å². The molecule has 0 spiro atoms. The molecular formula is C46H29N3. The van der Waals surface area contributed by atoms with Crippen molar-refractivity contribution in [2.45, 2.75) is 0 Å². The highest BCUT2D eigenvalue weighted by molar-refractivity contribution is 6.25. The fourth-order valence-corrected chi connectivity index (χ4v) is 8.07. The second kappa shape index (κ2) is 9.96. The van der Waals surface area contributed by atoms with E-state index in [9.17, 15) is 0 Å². The van der Waals surface area contributed by atoms with Gasteiger partial charge in [-0.25, -0.2) is 0 Å². The first-order valence-corrected chi connectivity index (χ1v) is 16.5. The molecule has 49 heavy (non-hydrogen) atoms. The smallest absolute Gasteiger partial charge is 0.0645 e. The molecule has 228 valence electrons. The molecule has 3 nitrogen and oxygen atoms in total. The van der Waals surface area contributed by atoms with E-state index in [0.29, 0.717) is 10.9 Å². The molecule has 0 aliphatic heterocycles. The number of hydrogen-bond acceptors (Lipinski definition) is 0. The van der Waals surface area contributed by atoms with Gasteiger partial charge in [-0.2, -0.15) is 0 Å². The van der Waals surface area contributed by atoms with Crippen LogP contribution in [0.25, 0.3) is 93.3 Å². The van der Waals surface area contributed by atoms with Crippen molar-refractivity contribution in [1.29, 1.82) is 0 Å². The minimum atomic E-state index is -0.241. The molecule has 0 fully saturated rings. The van der Waals surface area contributed by atoms with Crippen LogP contribution in [0.3, 0.4) is 0 Å². The third-order valence-corrected chi connectivity index (χ3v) is 10.1. The first-order chi connectivity index (χ1) is 26.0. The van der Waals surface area contributed by atoms with Gasteiger partial charge in [-0.05, 0) is 77.5 Å². The zero-order valence-corrected chi connectivity index (χ0v) is 26.3. The maximum Gasteiger partial charge on any atom is 0.0645 e. The molecule has 0 radical (unpaired) electrons. The first-order valence-electron chi connectivity index (χ1n) is 18.5. The van der Waals surface area contributed by atoms with Gasteiger partial charge < -0.3 is 13.7 Å². The monoisotopic (exact) mass is 627 g/mol. The van der Waals surface area contributed by atoms with Gasteiger partial charge in [0.1, 0.15) is 0 Å². The molecule has 3 heterocycles. The lowest BCUT2D eigenvalue weighted by atomic mass is 10.0. The van der Waals surface area contributed by atoms with Gasteiger partial charge >= 0.3 is 0 Å². The van der Waals surface area contributed by atoms with E-state index < -0.39 is 0 Å². The topological polar surface area (TPSA) is 14.8 Å². The molecular weight excluding hydrogens is 595 g/mol. The second-order valence-corrected chi connectivity index (χ2v) is 12.7. The number of rotatable bonds is 3. The maximum absolute atomic E-state index is 9.03. The van der Waals surface area contributed by atoms with Crippen molar-refractivity contribution in [2.75, 3.05) is 0 Å². The van der Waals surface area contributed by atoms with E-state index in [1.165, 1.54) is 26.9 Å². The zero-order valence-electron chi connectivity index (χ0n) is 30.3. The number of hydrogen-bond donors (Lipinski definition) is 0. The van der Waals surface area contributed by atoms with Gasteiger partial charge in [0.15, 0.2) is 0 Å². The lowest BCUT2D eigenvalue weighted by Crippen LogP contribution is -1.97. The SMILES string of the molecule is [2H]c1c([2H])c([2H])c2c(c1[2H])c1ccc(-n3c4cc5c(cc4c4c6ccccc6ccc43)c3ccccc3n5-c3ccccc3)cc1n2-c1ccccc1. The molecule has 11 rings (SSSR count). The van der Waals surface area contributed by atoms with Crippen LogP contribution in [0, 0.1) is 0 Å². The van der Waals surface area contributed by atoms with Gasteiger partial charge in [-0.1, -0.05) is 109 Å². The Morgan fingerprint density at radius 2 is 0.939 bits per heavy atom. The summed E-state index contributed by atoms with van der Waals surface area (Å²) in [7, 11) is 0. The van der Waals surface area contributed by atoms with E-state index in [1.807, 2.05) is 47.0 Å². The van der Waals surface area contributed by atoms with Crippen molar-refractivity contribution in [2.24, 2.45) is 0 Å². The first kappa shape index (κ1) is 22.9. The van der Waals surface area contributed by atoms with Gasteiger partial charge in [0.2, 0.25) is 0 Å². The molecule has 0 atom stereocenters. The standard InChI is InChI=1S/C46H29N3/c1-3-14-31(15-4-1)47-40-21-11-9-19-35(40)37-25-24-33(27-43(37)47)49-42-26-23-30-13-7-8-18-34(30)46(42)39-28-38-36-20-10-12-22-41(36)48(44(38)29-45(39)49)32-16-5-2-6-17-32/h1-29H/i9D,11D,19D,21D. The maximum atomic E-state index is 9.03. The third-order valence-electron chi connectivity index (χ3n) is 10.1. The summed E-state index contributed by atoms with van der Waals surface area (Å²) in [6, 6.07) is 52.3. The van der Waals surface area contributed by atoms with E-state index in [-0.39, 0.29) is 24.2 Å².